The SMILES string of the molecule is Cc1ccc(C(C)(C)CNC(=O)CC(=O)O)o1. The Bertz CT molecular complexity index is 420. The van der Waals surface area contributed by atoms with Crippen molar-refractivity contribution in [2.75, 3.05) is 6.54 Å². The fourth-order valence-electron chi connectivity index (χ4n) is 1.40. The van der Waals surface area contributed by atoms with Crippen molar-refractivity contribution in [3.05, 3.63) is 23.7 Å². The van der Waals surface area contributed by atoms with Gasteiger partial charge in [0.15, 0.2) is 0 Å². The zero-order valence-corrected chi connectivity index (χ0v) is 10.2. The van der Waals surface area contributed by atoms with E-state index in [-0.39, 0.29) is 5.41 Å². The highest BCUT2D eigenvalue weighted by Gasteiger charge is 2.25. The van der Waals surface area contributed by atoms with Crippen molar-refractivity contribution in [1.29, 1.82) is 0 Å². The van der Waals surface area contributed by atoms with Gasteiger partial charge in [-0.2, -0.15) is 0 Å². The number of carbonyl (C=O) groups excluding carboxylic acids is 1. The molecule has 0 fully saturated rings. The predicted octanol–water partition coefficient (Wildman–Crippen LogP) is 1.46. The standard InChI is InChI=1S/C12H17NO4/c1-8-4-5-9(17-8)12(2,3)7-13-10(14)6-11(15)16/h4-5H,6-7H2,1-3H3,(H,13,14)(H,15,16). The molecule has 5 heteroatoms. The highest BCUT2D eigenvalue weighted by atomic mass is 16.4. The Morgan fingerprint density at radius 2 is 2.06 bits per heavy atom. The number of carboxylic acids is 1. The third-order valence-corrected chi connectivity index (χ3v) is 2.45. The Balaban J connectivity index is 2.55. The summed E-state index contributed by atoms with van der Waals surface area (Å²) >= 11 is 0. The van der Waals surface area contributed by atoms with Crippen molar-refractivity contribution in [3.63, 3.8) is 0 Å². The Kier molecular flexibility index (Phi) is 3.93. The van der Waals surface area contributed by atoms with Gasteiger partial charge in [0.25, 0.3) is 0 Å². The lowest BCUT2D eigenvalue weighted by molar-refractivity contribution is -0.140. The second kappa shape index (κ2) is 5.03. The van der Waals surface area contributed by atoms with E-state index in [0.717, 1.165) is 11.5 Å². The van der Waals surface area contributed by atoms with Gasteiger partial charge in [-0.1, -0.05) is 13.8 Å². The highest BCUT2D eigenvalue weighted by Crippen LogP contribution is 2.24. The molecule has 0 radical (unpaired) electrons. The molecule has 1 rings (SSSR count). The van der Waals surface area contributed by atoms with Crippen molar-refractivity contribution in [1.82, 2.24) is 5.32 Å². The lowest BCUT2D eigenvalue weighted by Gasteiger charge is -2.22. The monoisotopic (exact) mass is 239 g/mol. The summed E-state index contributed by atoms with van der Waals surface area (Å²) in [6, 6.07) is 3.72. The molecule has 0 saturated heterocycles. The minimum Gasteiger partial charge on any atom is -0.481 e. The first-order valence-electron chi connectivity index (χ1n) is 5.37. The molecule has 0 unspecified atom stereocenters. The molecule has 2 N–H and O–H groups in total. The van der Waals surface area contributed by atoms with Crippen LogP contribution in [0.3, 0.4) is 0 Å². The minimum absolute atomic E-state index is 0.339. The predicted molar refractivity (Wildman–Crippen MR) is 61.7 cm³/mol. The first-order chi connectivity index (χ1) is 7.81. The molecular formula is C12H17NO4. The van der Waals surface area contributed by atoms with E-state index < -0.39 is 18.3 Å². The Hall–Kier alpha value is -1.78. The number of aryl methyl sites for hydroxylation is 1. The van der Waals surface area contributed by atoms with Gasteiger partial charge in [-0.15, -0.1) is 0 Å². The number of carboxylic acid groups (broad SMARTS) is 1. The van der Waals surface area contributed by atoms with Crippen LogP contribution in [0, 0.1) is 6.92 Å². The normalized spacial score (nSPS) is 11.2. The van der Waals surface area contributed by atoms with Crippen molar-refractivity contribution in [3.8, 4) is 0 Å². The maximum absolute atomic E-state index is 11.2. The van der Waals surface area contributed by atoms with E-state index in [4.69, 9.17) is 9.52 Å². The zero-order chi connectivity index (χ0) is 13.1. The molecule has 0 aliphatic heterocycles. The van der Waals surface area contributed by atoms with Gasteiger partial charge in [-0.25, -0.2) is 0 Å². The lowest BCUT2D eigenvalue weighted by atomic mass is 9.90. The van der Waals surface area contributed by atoms with Crippen LogP contribution in [0.4, 0.5) is 0 Å². The van der Waals surface area contributed by atoms with Gasteiger partial charge in [0.1, 0.15) is 17.9 Å². The Morgan fingerprint density at radius 1 is 1.41 bits per heavy atom. The van der Waals surface area contributed by atoms with Gasteiger partial charge in [-0.05, 0) is 19.1 Å². The smallest absolute Gasteiger partial charge is 0.312 e. The van der Waals surface area contributed by atoms with E-state index in [0.29, 0.717) is 6.54 Å². The second-order valence-corrected chi connectivity index (χ2v) is 4.64. The average Bonchev–Trinajstić information content (AvgIpc) is 2.62. The number of hydrogen-bond acceptors (Lipinski definition) is 3. The third kappa shape index (κ3) is 3.94. The largest absolute Gasteiger partial charge is 0.481 e. The molecule has 1 heterocycles. The van der Waals surface area contributed by atoms with Crippen molar-refractivity contribution in [2.24, 2.45) is 0 Å². The number of carbonyl (C=O) groups is 2. The van der Waals surface area contributed by atoms with Crippen molar-refractivity contribution >= 4 is 11.9 Å². The van der Waals surface area contributed by atoms with Gasteiger partial charge in [-0.3, -0.25) is 9.59 Å². The topological polar surface area (TPSA) is 79.5 Å². The quantitative estimate of drug-likeness (QED) is 0.762. The highest BCUT2D eigenvalue weighted by molar-refractivity contribution is 5.93. The van der Waals surface area contributed by atoms with E-state index in [1.165, 1.54) is 0 Å². The summed E-state index contributed by atoms with van der Waals surface area (Å²) in [7, 11) is 0. The summed E-state index contributed by atoms with van der Waals surface area (Å²) in [6.45, 7) is 6.04. The molecule has 0 bridgehead atoms. The zero-order valence-electron chi connectivity index (χ0n) is 10.2. The van der Waals surface area contributed by atoms with Crippen LogP contribution in [-0.4, -0.2) is 23.5 Å². The summed E-state index contributed by atoms with van der Waals surface area (Å²) in [5, 5.41) is 11.0. The van der Waals surface area contributed by atoms with Crippen LogP contribution < -0.4 is 5.32 Å². The van der Waals surface area contributed by atoms with Crippen molar-refractivity contribution in [2.45, 2.75) is 32.6 Å². The lowest BCUT2D eigenvalue weighted by Crippen LogP contribution is -2.37. The van der Waals surface area contributed by atoms with E-state index in [9.17, 15) is 9.59 Å². The number of nitrogens with one attached hydrogen (secondary N) is 1. The molecular weight excluding hydrogens is 222 g/mol. The summed E-state index contributed by atoms with van der Waals surface area (Å²) in [4.78, 5) is 21.5. The number of amides is 1. The first-order valence-corrected chi connectivity index (χ1v) is 5.37. The molecule has 0 saturated carbocycles. The molecule has 0 aliphatic rings. The molecule has 17 heavy (non-hydrogen) atoms. The van der Waals surface area contributed by atoms with E-state index in [2.05, 4.69) is 5.32 Å². The van der Waals surface area contributed by atoms with Crippen LogP contribution in [0.1, 0.15) is 31.8 Å². The molecule has 1 aromatic rings. The van der Waals surface area contributed by atoms with E-state index in [1.807, 2.05) is 32.9 Å². The second-order valence-electron chi connectivity index (χ2n) is 4.64. The molecule has 0 aromatic carbocycles. The molecule has 1 aromatic heterocycles. The first kappa shape index (κ1) is 13.3. The van der Waals surface area contributed by atoms with E-state index in [1.54, 1.807) is 0 Å². The average molecular weight is 239 g/mol. The van der Waals surface area contributed by atoms with Gasteiger partial charge >= 0.3 is 5.97 Å². The van der Waals surface area contributed by atoms with Crippen LogP contribution in [0.15, 0.2) is 16.5 Å². The fourth-order valence-corrected chi connectivity index (χ4v) is 1.40. The number of hydrogen-bond donors (Lipinski definition) is 2. The maximum Gasteiger partial charge on any atom is 0.312 e. The van der Waals surface area contributed by atoms with Gasteiger partial charge in [0, 0.05) is 12.0 Å². The fraction of sp³-hybridized carbons (Fsp3) is 0.500. The van der Waals surface area contributed by atoms with Gasteiger partial charge < -0.3 is 14.8 Å². The molecule has 5 nitrogen and oxygen atoms in total. The summed E-state index contributed by atoms with van der Waals surface area (Å²) < 4.78 is 5.49. The molecule has 94 valence electrons. The maximum atomic E-state index is 11.2. The molecule has 0 spiro atoms. The third-order valence-electron chi connectivity index (χ3n) is 2.45. The van der Waals surface area contributed by atoms with Crippen LogP contribution in [0.5, 0.6) is 0 Å². The van der Waals surface area contributed by atoms with Crippen LogP contribution in [0.2, 0.25) is 0 Å². The summed E-state index contributed by atoms with van der Waals surface area (Å²) in [5.41, 5.74) is -0.359. The Morgan fingerprint density at radius 3 is 2.53 bits per heavy atom. The Labute approximate surface area is 99.8 Å². The molecule has 0 aliphatic carbocycles. The van der Waals surface area contributed by atoms with Gasteiger partial charge in [0.05, 0.1) is 0 Å². The van der Waals surface area contributed by atoms with E-state index >= 15 is 0 Å². The van der Waals surface area contributed by atoms with Crippen LogP contribution in [-0.2, 0) is 15.0 Å². The number of aliphatic carboxylic acids is 1. The number of furan rings is 1. The molecule has 1 amide bonds. The van der Waals surface area contributed by atoms with Crippen LogP contribution in [0.25, 0.3) is 0 Å². The number of rotatable bonds is 5. The van der Waals surface area contributed by atoms with Crippen LogP contribution >= 0.6 is 0 Å². The van der Waals surface area contributed by atoms with Gasteiger partial charge in [0.2, 0.25) is 5.91 Å². The molecule has 0 atom stereocenters. The minimum atomic E-state index is -1.13. The summed E-state index contributed by atoms with van der Waals surface area (Å²) in [6.07, 6.45) is -0.507. The van der Waals surface area contributed by atoms with Crippen molar-refractivity contribution < 1.29 is 19.1 Å². The summed E-state index contributed by atoms with van der Waals surface area (Å²) in [5.74, 6) is -0.0430.